The third-order valence-corrected chi connectivity index (χ3v) is 7.72. The topological polar surface area (TPSA) is 76.0 Å². The molecule has 198 valence electrons. The van der Waals surface area contributed by atoms with Crippen LogP contribution in [0.25, 0.3) is 0 Å². The number of rotatable bonds is 11. The number of halogens is 3. The zero-order valence-electron chi connectivity index (χ0n) is 20.9. The smallest absolute Gasteiger partial charge is 0.427 e. The summed E-state index contributed by atoms with van der Waals surface area (Å²) >= 11 is 0. The number of unbranched alkanes of at least 4 members (excludes halogenated alkanes) is 2. The summed E-state index contributed by atoms with van der Waals surface area (Å²) in [5, 5.41) is 21.1. The van der Waals surface area contributed by atoms with Gasteiger partial charge in [0.25, 0.3) is 0 Å². The molecule has 0 amide bonds. The molecule has 3 rings (SSSR count). The average molecular weight is 501 g/mol. The van der Waals surface area contributed by atoms with Crippen molar-refractivity contribution in [2.45, 2.75) is 103 Å². The number of carbonyl (C=O) groups is 1. The Hall–Kier alpha value is -1.80. The van der Waals surface area contributed by atoms with Crippen LogP contribution >= 0.6 is 0 Å². The lowest BCUT2D eigenvalue weighted by Gasteiger charge is -2.32. The summed E-state index contributed by atoms with van der Waals surface area (Å²) < 4.78 is 49.2. The largest absolute Gasteiger partial charge is 0.482 e. The molecule has 0 aliphatic heterocycles. The molecule has 1 saturated carbocycles. The third kappa shape index (κ3) is 6.91. The van der Waals surface area contributed by atoms with Crippen molar-refractivity contribution in [2.75, 3.05) is 6.61 Å². The lowest BCUT2D eigenvalue weighted by Crippen LogP contribution is -2.44. The maximum Gasteiger partial charge on any atom is 0.427 e. The second kappa shape index (κ2) is 11.5. The Morgan fingerprint density at radius 2 is 1.91 bits per heavy atom. The van der Waals surface area contributed by atoms with Gasteiger partial charge in [0.2, 0.25) is 5.60 Å². The van der Waals surface area contributed by atoms with E-state index in [1.807, 2.05) is 12.1 Å². The number of hydrogen-bond donors (Lipinski definition) is 2. The first-order valence-electron chi connectivity index (χ1n) is 12.8. The fourth-order valence-corrected chi connectivity index (χ4v) is 5.61. The maximum atomic E-state index is 13.0. The van der Waals surface area contributed by atoms with Gasteiger partial charge in [-0.15, -0.1) is 0 Å². The molecule has 0 bridgehead atoms. The van der Waals surface area contributed by atoms with E-state index in [2.05, 4.69) is 11.7 Å². The van der Waals surface area contributed by atoms with Crippen LogP contribution in [0.3, 0.4) is 0 Å². The van der Waals surface area contributed by atoms with Crippen LogP contribution in [0.2, 0.25) is 0 Å². The summed E-state index contributed by atoms with van der Waals surface area (Å²) in [5.41, 5.74) is -0.561. The molecule has 5 nitrogen and oxygen atoms in total. The summed E-state index contributed by atoms with van der Waals surface area (Å²) in [6.07, 6.45) is 2.28. The molecular weight excluding hydrogens is 461 g/mol. The van der Waals surface area contributed by atoms with E-state index in [9.17, 15) is 28.2 Å². The Bertz CT molecular complexity index is 854. The van der Waals surface area contributed by atoms with E-state index in [0.717, 1.165) is 63.5 Å². The molecule has 8 heteroatoms. The van der Waals surface area contributed by atoms with Gasteiger partial charge in [0.1, 0.15) is 5.75 Å². The highest BCUT2D eigenvalue weighted by Crippen LogP contribution is 2.48. The number of hydrogen-bond acceptors (Lipinski definition) is 5. The van der Waals surface area contributed by atoms with E-state index < -0.39 is 30.5 Å². The van der Waals surface area contributed by atoms with Crippen LogP contribution in [0.4, 0.5) is 13.2 Å². The Balaban J connectivity index is 1.60. The molecule has 2 aliphatic carbocycles. The van der Waals surface area contributed by atoms with Gasteiger partial charge in [0.05, 0.1) is 12.2 Å². The van der Waals surface area contributed by atoms with Crippen LogP contribution in [-0.2, 0) is 22.4 Å². The van der Waals surface area contributed by atoms with Gasteiger partial charge in [-0.25, -0.2) is 4.79 Å². The van der Waals surface area contributed by atoms with Crippen molar-refractivity contribution in [1.29, 1.82) is 0 Å². The van der Waals surface area contributed by atoms with Crippen LogP contribution in [0.5, 0.6) is 5.75 Å². The Morgan fingerprint density at radius 3 is 2.60 bits per heavy atom. The predicted molar refractivity (Wildman–Crippen MR) is 126 cm³/mol. The first-order valence-corrected chi connectivity index (χ1v) is 12.8. The van der Waals surface area contributed by atoms with Crippen molar-refractivity contribution < 1.29 is 37.7 Å². The minimum Gasteiger partial charge on any atom is -0.482 e. The molecule has 2 aliphatic rings. The summed E-state index contributed by atoms with van der Waals surface area (Å²) in [4.78, 5) is 12.0. The minimum absolute atomic E-state index is 0.137. The van der Waals surface area contributed by atoms with E-state index in [-0.39, 0.29) is 17.9 Å². The number of esters is 1. The Morgan fingerprint density at radius 1 is 1.17 bits per heavy atom. The van der Waals surface area contributed by atoms with Crippen LogP contribution in [-0.4, -0.2) is 46.8 Å². The van der Waals surface area contributed by atoms with Crippen molar-refractivity contribution in [3.63, 3.8) is 0 Å². The average Bonchev–Trinajstić information content (AvgIpc) is 3.07. The first kappa shape index (κ1) is 27.8. The van der Waals surface area contributed by atoms with Gasteiger partial charge in [0.15, 0.2) is 6.61 Å². The predicted octanol–water partition coefficient (Wildman–Crippen LogP) is 5.38. The van der Waals surface area contributed by atoms with Gasteiger partial charge in [-0.05, 0) is 87.3 Å². The molecule has 0 heterocycles. The molecular formula is C27H39F3O5. The Labute approximate surface area is 206 Å². The number of benzene rings is 1. The molecule has 0 radical (unpaired) electrons. The van der Waals surface area contributed by atoms with Crippen molar-refractivity contribution in [3.8, 4) is 5.75 Å². The van der Waals surface area contributed by atoms with E-state index in [1.165, 1.54) is 0 Å². The van der Waals surface area contributed by atoms with Crippen molar-refractivity contribution in [3.05, 3.63) is 29.3 Å². The van der Waals surface area contributed by atoms with E-state index in [1.54, 1.807) is 6.07 Å². The number of alkyl halides is 3. The van der Waals surface area contributed by atoms with Crippen LogP contribution in [0.15, 0.2) is 18.2 Å². The quantitative estimate of drug-likeness (QED) is 0.315. The molecule has 0 unspecified atom stereocenters. The Kier molecular flexibility index (Phi) is 9.13. The van der Waals surface area contributed by atoms with Gasteiger partial charge in [0, 0.05) is 0 Å². The van der Waals surface area contributed by atoms with Gasteiger partial charge in [-0.2, -0.15) is 13.2 Å². The lowest BCUT2D eigenvalue weighted by atomic mass is 9.73. The SMILES string of the molecule is CCCCC[C@@H](O)CC[C@@H]1[C@H]2Cc3cccc(OCC(=O)OC(C)(C)C(F)(F)F)c3C[C@H]2C[C@H]1O. The number of carbonyl (C=O) groups excluding carboxylic acids is 1. The molecule has 1 fully saturated rings. The van der Waals surface area contributed by atoms with Crippen LogP contribution in [0.1, 0.15) is 76.8 Å². The molecule has 0 spiro atoms. The van der Waals surface area contributed by atoms with E-state index in [4.69, 9.17) is 4.74 Å². The van der Waals surface area contributed by atoms with E-state index >= 15 is 0 Å². The number of fused-ring (bicyclic) bond motifs is 2. The number of aliphatic hydroxyl groups excluding tert-OH is 2. The fraction of sp³-hybridized carbons (Fsp3) is 0.741. The van der Waals surface area contributed by atoms with E-state index in [0.29, 0.717) is 30.9 Å². The highest BCUT2D eigenvalue weighted by atomic mass is 19.4. The van der Waals surface area contributed by atoms with Crippen LogP contribution < -0.4 is 4.74 Å². The molecule has 2 N–H and O–H groups in total. The van der Waals surface area contributed by atoms with Crippen molar-refractivity contribution in [1.82, 2.24) is 0 Å². The normalized spacial score (nSPS) is 25.0. The first-order chi connectivity index (χ1) is 16.4. The molecule has 35 heavy (non-hydrogen) atoms. The molecule has 5 atom stereocenters. The fourth-order valence-electron chi connectivity index (χ4n) is 5.61. The highest BCUT2D eigenvalue weighted by molar-refractivity contribution is 5.71. The molecule has 0 saturated heterocycles. The highest BCUT2D eigenvalue weighted by Gasteiger charge is 2.51. The number of aliphatic hydroxyl groups is 2. The van der Waals surface area contributed by atoms with Crippen molar-refractivity contribution in [2.24, 2.45) is 17.8 Å². The number of ether oxygens (including phenoxy) is 2. The summed E-state index contributed by atoms with van der Waals surface area (Å²) in [7, 11) is 0. The third-order valence-electron chi connectivity index (χ3n) is 7.72. The standard InChI is InChI=1S/C27H39F3O5/c1-4-5-6-9-19(31)11-12-20-21-13-17-8-7-10-24(22(17)14-18(21)15-23(20)32)34-16-25(33)35-26(2,3)27(28,29)30/h7-8,10,18-21,23,31-32H,4-6,9,11-16H2,1-3H3/t18-,19+,20+,21-,23+/m0/s1. The molecule has 0 aromatic heterocycles. The summed E-state index contributed by atoms with van der Waals surface area (Å²) in [5.74, 6) is 0.117. The zero-order valence-corrected chi connectivity index (χ0v) is 20.9. The molecule has 1 aromatic rings. The van der Waals surface area contributed by atoms with Crippen molar-refractivity contribution >= 4 is 5.97 Å². The van der Waals surface area contributed by atoms with Gasteiger partial charge in [-0.3, -0.25) is 0 Å². The minimum atomic E-state index is -4.67. The second-order valence-corrected chi connectivity index (χ2v) is 10.7. The lowest BCUT2D eigenvalue weighted by molar-refractivity contribution is -0.257. The summed E-state index contributed by atoms with van der Waals surface area (Å²) in [6, 6.07) is 5.54. The monoisotopic (exact) mass is 500 g/mol. The van der Waals surface area contributed by atoms with Gasteiger partial charge in [-0.1, -0.05) is 38.3 Å². The van der Waals surface area contributed by atoms with Crippen LogP contribution in [0, 0.1) is 17.8 Å². The van der Waals surface area contributed by atoms with Gasteiger partial charge < -0.3 is 19.7 Å². The van der Waals surface area contributed by atoms with Gasteiger partial charge >= 0.3 is 12.1 Å². The molecule has 1 aromatic carbocycles. The second-order valence-electron chi connectivity index (χ2n) is 10.7. The summed E-state index contributed by atoms with van der Waals surface area (Å²) in [6.45, 7) is 3.15. The zero-order chi connectivity index (χ0) is 25.8. The maximum absolute atomic E-state index is 13.0.